The summed E-state index contributed by atoms with van der Waals surface area (Å²) in [6.45, 7) is 1.67. The molecule has 15 heavy (non-hydrogen) atoms. The lowest BCUT2D eigenvalue weighted by Gasteiger charge is -2.13. The van der Waals surface area contributed by atoms with Gasteiger partial charge in [0.15, 0.2) is 0 Å². The highest BCUT2D eigenvalue weighted by molar-refractivity contribution is 6.30. The van der Waals surface area contributed by atoms with Gasteiger partial charge in [-0.25, -0.2) is 0 Å². The minimum absolute atomic E-state index is 0.479. The van der Waals surface area contributed by atoms with Crippen molar-refractivity contribution < 1.29 is 4.74 Å². The third-order valence-corrected chi connectivity index (χ3v) is 3.11. The maximum Gasteiger partial charge on any atom is 0.0587 e. The van der Waals surface area contributed by atoms with Crippen LogP contribution in [0.5, 0.6) is 0 Å². The molecule has 1 aliphatic rings. The summed E-state index contributed by atoms with van der Waals surface area (Å²) in [7, 11) is 1.73. The summed E-state index contributed by atoms with van der Waals surface area (Å²) in [6, 6.07) is 6.66. The number of hydrogen-bond acceptors (Lipinski definition) is 2. The van der Waals surface area contributed by atoms with Crippen LogP contribution in [0, 0.1) is 0 Å². The number of nitrogens with one attached hydrogen (secondary N) is 1. The first kappa shape index (κ1) is 10.9. The van der Waals surface area contributed by atoms with E-state index in [1.165, 1.54) is 17.5 Å². The van der Waals surface area contributed by atoms with Crippen LogP contribution in [-0.4, -0.2) is 20.3 Å². The third-order valence-electron chi connectivity index (χ3n) is 2.88. The first-order chi connectivity index (χ1) is 7.31. The Kier molecular flexibility index (Phi) is 3.62. The van der Waals surface area contributed by atoms with Crippen molar-refractivity contribution >= 4 is 11.6 Å². The topological polar surface area (TPSA) is 21.3 Å². The van der Waals surface area contributed by atoms with Crippen molar-refractivity contribution in [3.63, 3.8) is 0 Å². The highest BCUT2D eigenvalue weighted by Gasteiger charge is 2.21. The van der Waals surface area contributed by atoms with Gasteiger partial charge in [0, 0.05) is 24.7 Å². The van der Waals surface area contributed by atoms with Gasteiger partial charge < -0.3 is 10.1 Å². The Morgan fingerprint density at radius 1 is 1.53 bits per heavy atom. The summed E-state index contributed by atoms with van der Waals surface area (Å²) >= 11 is 5.96. The molecule has 0 heterocycles. The van der Waals surface area contributed by atoms with Gasteiger partial charge in [0.1, 0.15) is 0 Å². The zero-order valence-electron chi connectivity index (χ0n) is 8.92. The highest BCUT2D eigenvalue weighted by Crippen LogP contribution is 2.32. The van der Waals surface area contributed by atoms with Crippen molar-refractivity contribution in [2.24, 2.45) is 0 Å². The van der Waals surface area contributed by atoms with Gasteiger partial charge in [0.2, 0.25) is 0 Å². The molecule has 1 atom stereocenters. The van der Waals surface area contributed by atoms with Crippen molar-refractivity contribution in [2.45, 2.75) is 18.9 Å². The molecule has 1 aromatic carbocycles. The Morgan fingerprint density at radius 2 is 2.40 bits per heavy atom. The Labute approximate surface area is 95.6 Å². The molecule has 0 aromatic heterocycles. The molecule has 1 N–H and O–H groups in total. The van der Waals surface area contributed by atoms with Gasteiger partial charge in [-0.15, -0.1) is 0 Å². The molecule has 1 aliphatic carbocycles. The summed E-state index contributed by atoms with van der Waals surface area (Å²) in [5.74, 6) is 0. The lowest BCUT2D eigenvalue weighted by molar-refractivity contribution is 0.195. The minimum atomic E-state index is 0.479. The van der Waals surface area contributed by atoms with E-state index in [0.29, 0.717) is 6.04 Å². The van der Waals surface area contributed by atoms with Crippen LogP contribution in [0.1, 0.15) is 23.6 Å². The molecule has 0 saturated carbocycles. The molecule has 82 valence electrons. The Bertz CT molecular complexity index is 340. The number of benzene rings is 1. The van der Waals surface area contributed by atoms with E-state index in [4.69, 9.17) is 16.3 Å². The van der Waals surface area contributed by atoms with Gasteiger partial charge in [-0.1, -0.05) is 17.7 Å². The monoisotopic (exact) mass is 225 g/mol. The van der Waals surface area contributed by atoms with E-state index in [1.54, 1.807) is 7.11 Å². The van der Waals surface area contributed by atoms with Crippen molar-refractivity contribution in [1.29, 1.82) is 0 Å². The molecule has 0 spiro atoms. The molecule has 2 rings (SSSR count). The fraction of sp³-hybridized carbons (Fsp3) is 0.500. The fourth-order valence-electron chi connectivity index (χ4n) is 2.13. The third kappa shape index (κ3) is 2.51. The molecule has 0 amide bonds. The van der Waals surface area contributed by atoms with Crippen molar-refractivity contribution in [3.05, 3.63) is 34.3 Å². The average Bonchev–Trinajstić information content (AvgIpc) is 2.61. The van der Waals surface area contributed by atoms with Gasteiger partial charge in [-0.05, 0) is 36.1 Å². The van der Waals surface area contributed by atoms with Crippen LogP contribution < -0.4 is 5.32 Å². The van der Waals surface area contributed by atoms with E-state index in [1.807, 2.05) is 6.07 Å². The molecule has 0 saturated heterocycles. The van der Waals surface area contributed by atoms with Gasteiger partial charge in [0.05, 0.1) is 6.61 Å². The van der Waals surface area contributed by atoms with Gasteiger partial charge >= 0.3 is 0 Å². The predicted molar refractivity (Wildman–Crippen MR) is 62.4 cm³/mol. The normalized spacial score (nSPS) is 19.2. The quantitative estimate of drug-likeness (QED) is 0.796. The van der Waals surface area contributed by atoms with Crippen LogP contribution in [0.2, 0.25) is 5.02 Å². The van der Waals surface area contributed by atoms with Crippen LogP contribution in [0.25, 0.3) is 0 Å². The molecule has 0 aliphatic heterocycles. The molecular formula is C12H16ClNO. The molecule has 0 fully saturated rings. The zero-order valence-corrected chi connectivity index (χ0v) is 9.68. The van der Waals surface area contributed by atoms with E-state index in [-0.39, 0.29) is 0 Å². The standard InChI is InChI=1S/C12H16ClNO/c1-15-7-6-14-12-5-2-9-8-10(13)3-4-11(9)12/h3-4,8,12,14H,2,5-7H2,1H3/t12-/m0/s1. The lowest BCUT2D eigenvalue weighted by Crippen LogP contribution is -2.23. The van der Waals surface area contributed by atoms with Crippen molar-refractivity contribution in [3.8, 4) is 0 Å². The summed E-state index contributed by atoms with van der Waals surface area (Å²) in [6.07, 6.45) is 2.29. The van der Waals surface area contributed by atoms with Crippen molar-refractivity contribution in [2.75, 3.05) is 20.3 Å². The van der Waals surface area contributed by atoms with Crippen LogP contribution in [0.15, 0.2) is 18.2 Å². The van der Waals surface area contributed by atoms with E-state index in [2.05, 4.69) is 17.4 Å². The molecule has 0 radical (unpaired) electrons. The largest absolute Gasteiger partial charge is 0.383 e. The summed E-state index contributed by atoms with van der Waals surface area (Å²) in [5.41, 5.74) is 2.79. The highest BCUT2D eigenvalue weighted by atomic mass is 35.5. The van der Waals surface area contributed by atoms with Crippen molar-refractivity contribution in [1.82, 2.24) is 5.32 Å². The summed E-state index contributed by atoms with van der Waals surface area (Å²) < 4.78 is 5.03. The minimum Gasteiger partial charge on any atom is -0.383 e. The molecule has 0 bridgehead atoms. The van der Waals surface area contributed by atoms with E-state index < -0.39 is 0 Å². The molecule has 2 nitrogen and oxygen atoms in total. The smallest absolute Gasteiger partial charge is 0.0587 e. The van der Waals surface area contributed by atoms with Gasteiger partial charge in [0.25, 0.3) is 0 Å². The van der Waals surface area contributed by atoms with Crippen LogP contribution in [0.4, 0.5) is 0 Å². The number of rotatable bonds is 4. The first-order valence-electron chi connectivity index (χ1n) is 5.32. The van der Waals surface area contributed by atoms with E-state index >= 15 is 0 Å². The van der Waals surface area contributed by atoms with Gasteiger partial charge in [-0.2, -0.15) is 0 Å². The number of methoxy groups -OCH3 is 1. The second-order valence-electron chi connectivity index (χ2n) is 3.88. The Balaban J connectivity index is 2.02. The van der Waals surface area contributed by atoms with Crippen LogP contribution in [0.3, 0.4) is 0 Å². The number of ether oxygens (including phenoxy) is 1. The number of hydrogen-bond donors (Lipinski definition) is 1. The van der Waals surface area contributed by atoms with Gasteiger partial charge in [-0.3, -0.25) is 0 Å². The predicted octanol–water partition coefficient (Wildman–Crippen LogP) is 2.56. The van der Waals surface area contributed by atoms with Crippen LogP contribution >= 0.6 is 11.6 Å². The second-order valence-corrected chi connectivity index (χ2v) is 4.32. The molecule has 3 heteroatoms. The second kappa shape index (κ2) is 4.97. The Morgan fingerprint density at radius 3 is 3.20 bits per heavy atom. The number of aryl methyl sites for hydroxylation is 1. The van der Waals surface area contributed by atoms with E-state index in [0.717, 1.165) is 24.6 Å². The number of halogens is 1. The van der Waals surface area contributed by atoms with E-state index in [9.17, 15) is 0 Å². The average molecular weight is 226 g/mol. The number of fused-ring (bicyclic) bond motifs is 1. The molecule has 0 unspecified atom stereocenters. The SMILES string of the molecule is COCCN[C@H]1CCc2cc(Cl)ccc21. The maximum absolute atomic E-state index is 5.96. The first-order valence-corrected chi connectivity index (χ1v) is 5.69. The Hall–Kier alpha value is -0.570. The fourth-order valence-corrected chi connectivity index (χ4v) is 2.33. The summed E-state index contributed by atoms with van der Waals surface area (Å²) in [4.78, 5) is 0. The molecule has 1 aromatic rings. The summed E-state index contributed by atoms with van der Waals surface area (Å²) in [5, 5.41) is 4.33. The maximum atomic E-state index is 5.96. The zero-order chi connectivity index (χ0) is 10.7. The molecular weight excluding hydrogens is 210 g/mol. The lowest BCUT2D eigenvalue weighted by atomic mass is 10.1. The van der Waals surface area contributed by atoms with Crippen LogP contribution in [-0.2, 0) is 11.2 Å².